The number of furan rings is 1. The third-order valence-electron chi connectivity index (χ3n) is 5.36. The van der Waals surface area contributed by atoms with Gasteiger partial charge in [-0.05, 0) is 45.0 Å². The normalized spacial score (nSPS) is 22.2. The van der Waals surface area contributed by atoms with Crippen molar-refractivity contribution in [3.63, 3.8) is 0 Å². The lowest BCUT2D eigenvalue weighted by molar-refractivity contribution is -0.0196. The number of ether oxygens (including phenoxy) is 1. The molecule has 1 atom stereocenters. The summed E-state index contributed by atoms with van der Waals surface area (Å²) < 4.78 is 11.9. The van der Waals surface area contributed by atoms with Gasteiger partial charge in [0.1, 0.15) is 17.1 Å². The van der Waals surface area contributed by atoms with Crippen LogP contribution in [0.15, 0.2) is 40.8 Å². The quantitative estimate of drug-likeness (QED) is 0.911. The van der Waals surface area contributed by atoms with Crippen molar-refractivity contribution in [3.05, 3.63) is 53.5 Å². The van der Waals surface area contributed by atoms with E-state index in [-0.39, 0.29) is 17.6 Å². The first-order valence-electron chi connectivity index (χ1n) is 8.88. The third-order valence-corrected chi connectivity index (χ3v) is 5.36. The van der Waals surface area contributed by atoms with Gasteiger partial charge in [0.15, 0.2) is 5.76 Å². The van der Waals surface area contributed by atoms with E-state index in [1.807, 2.05) is 37.3 Å². The molecular formula is C20H24N2O3. The molecule has 1 N–H and O–H groups in total. The maximum absolute atomic E-state index is 12.6. The summed E-state index contributed by atoms with van der Waals surface area (Å²) in [6, 6.07) is 11.5. The van der Waals surface area contributed by atoms with Crippen LogP contribution >= 0.6 is 0 Å². The third kappa shape index (κ3) is 3.16. The number of amides is 1. The molecule has 2 aliphatic rings. The molecule has 0 bridgehead atoms. The van der Waals surface area contributed by atoms with E-state index in [1.165, 1.54) is 0 Å². The number of hydrogen-bond donors (Lipinski definition) is 1. The zero-order chi connectivity index (χ0) is 17.4. The van der Waals surface area contributed by atoms with Gasteiger partial charge >= 0.3 is 0 Å². The predicted molar refractivity (Wildman–Crippen MR) is 94.8 cm³/mol. The van der Waals surface area contributed by atoms with Crippen LogP contribution in [0.3, 0.4) is 0 Å². The standard InChI is InChI=1S/C20H24N2O3/c1-14-7-8-18(24-14)19(23)21-16-13-20(9-11-22(2)12-10-20)25-17-6-4-3-5-15(16)17/h3-8,16H,9-13H2,1-2H3,(H,21,23)/t16-/m1/s1. The highest BCUT2D eigenvalue weighted by Gasteiger charge is 2.43. The Kier molecular flexibility index (Phi) is 4.04. The van der Waals surface area contributed by atoms with Gasteiger partial charge in [-0.25, -0.2) is 0 Å². The van der Waals surface area contributed by atoms with Crippen molar-refractivity contribution in [3.8, 4) is 5.75 Å². The van der Waals surface area contributed by atoms with Gasteiger partial charge in [0.2, 0.25) is 0 Å². The minimum Gasteiger partial charge on any atom is -0.487 e. The highest BCUT2D eigenvalue weighted by atomic mass is 16.5. The molecule has 1 spiro atoms. The van der Waals surface area contributed by atoms with E-state index in [1.54, 1.807) is 6.07 Å². The fourth-order valence-electron chi connectivity index (χ4n) is 3.87. The lowest BCUT2D eigenvalue weighted by Crippen LogP contribution is -2.51. The minimum absolute atomic E-state index is 0.0636. The monoisotopic (exact) mass is 340 g/mol. The van der Waals surface area contributed by atoms with E-state index in [0.29, 0.717) is 5.76 Å². The Morgan fingerprint density at radius 2 is 1.96 bits per heavy atom. The average molecular weight is 340 g/mol. The molecule has 1 aromatic carbocycles. The van der Waals surface area contributed by atoms with Crippen molar-refractivity contribution in [2.75, 3.05) is 20.1 Å². The molecule has 0 radical (unpaired) electrons. The Hall–Kier alpha value is -2.27. The molecule has 0 saturated carbocycles. The lowest BCUT2D eigenvalue weighted by atomic mass is 9.80. The molecule has 3 heterocycles. The van der Waals surface area contributed by atoms with Crippen LogP contribution in [-0.2, 0) is 0 Å². The average Bonchev–Trinajstić information content (AvgIpc) is 3.04. The van der Waals surface area contributed by atoms with Crippen molar-refractivity contribution >= 4 is 5.91 Å². The smallest absolute Gasteiger partial charge is 0.287 e. The van der Waals surface area contributed by atoms with Gasteiger partial charge in [0.05, 0.1) is 6.04 Å². The first-order valence-corrected chi connectivity index (χ1v) is 8.88. The van der Waals surface area contributed by atoms with Crippen LogP contribution in [0.4, 0.5) is 0 Å². The number of carbonyl (C=O) groups is 1. The van der Waals surface area contributed by atoms with E-state index >= 15 is 0 Å². The summed E-state index contributed by atoms with van der Waals surface area (Å²) in [5, 5.41) is 3.16. The van der Waals surface area contributed by atoms with Crippen molar-refractivity contribution in [1.29, 1.82) is 0 Å². The molecule has 1 aromatic heterocycles. The molecule has 4 rings (SSSR count). The zero-order valence-electron chi connectivity index (χ0n) is 14.7. The van der Waals surface area contributed by atoms with Gasteiger partial charge < -0.3 is 19.4 Å². The number of para-hydroxylation sites is 1. The van der Waals surface area contributed by atoms with Crippen LogP contribution in [0.5, 0.6) is 5.75 Å². The molecule has 25 heavy (non-hydrogen) atoms. The molecule has 1 saturated heterocycles. The summed E-state index contributed by atoms with van der Waals surface area (Å²) in [6.07, 6.45) is 2.75. The highest BCUT2D eigenvalue weighted by Crippen LogP contribution is 2.44. The second kappa shape index (κ2) is 6.23. The predicted octanol–water partition coefficient (Wildman–Crippen LogP) is 3.31. The zero-order valence-corrected chi connectivity index (χ0v) is 14.7. The van der Waals surface area contributed by atoms with Crippen LogP contribution in [-0.4, -0.2) is 36.5 Å². The first kappa shape index (κ1) is 16.2. The molecule has 2 aromatic rings. The van der Waals surface area contributed by atoms with E-state index in [4.69, 9.17) is 9.15 Å². The fourth-order valence-corrected chi connectivity index (χ4v) is 3.87. The van der Waals surface area contributed by atoms with Crippen molar-refractivity contribution < 1.29 is 13.9 Å². The highest BCUT2D eigenvalue weighted by molar-refractivity contribution is 5.91. The molecule has 132 valence electrons. The van der Waals surface area contributed by atoms with E-state index in [2.05, 4.69) is 17.3 Å². The lowest BCUT2D eigenvalue weighted by Gasteiger charge is -2.46. The summed E-state index contributed by atoms with van der Waals surface area (Å²) >= 11 is 0. The Morgan fingerprint density at radius 1 is 1.20 bits per heavy atom. The largest absolute Gasteiger partial charge is 0.487 e. The number of fused-ring (bicyclic) bond motifs is 1. The van der Waals surface area contributed by atoms with E-state index < -0.39 is 0 Å². The van der Waals surface area contributed by atoms with Crippen molar-refractivity contribution in [2.45, 2.75) is 37.8 Å². The van der Waals surface area contributed by atoms with Crippen LogP contribution < -0.4 is 10.1 Å². The van der Waals surface area contributed by atoms with E-state index in [9.17, 15) is 4.79 Å². The van der Waals surface area contributed by atoms with Gasteiger partial charge in [-0.2, -0.15) is 0 Å². The SMILES string of the molecule is Cc1ccc(C(=O)N[C@@H]2CC3(CCN(C)CC3)Oc3ccccc32)o1. The first-order chi connectivity index (χ1) is 12.0. The van der Waals surface area contributed by atoms with Gasteiger partial charge in [-0.3, -0.25) is 4.79 Å². The summed E-state index contributed by atoms with van der Waals surface area (Å²) in [7, 11) is 2.14. The molecule has 2 aliphatic heterocycles. The molecular weight excluding hydrogens is 316 g/mol. The number of nitrogens with one attached hydrogen (secondary N) is 1. The Balaban J connectivity index is 1.60. The number of benzene rings is 1. The van der Waals surface area contributed by atoms with Crippen LogP contribution in [0.25, 0.3) is 0 Å². The molecule has 1 fully saturated rings. The minimum atomic E-state index is -0.197. The van der Waals surface area contributed by atoms with Crippen molar-refractivity contribution in [1.82, 2.24) is 10.2 Å². The van der Waals surface area contributed by atoms with Crippen LogP contribution in [0.1, 0.15) is 47.2 Å². The van der Waals surface area contributed by atoms with Crippen LogP contribution in [0.2, 0.25) is 0 Å². The number of nitrogens with zero attached hydrogens (tertiary/aromatic N) is 1. The topological polar surface area (TPSA) is 54.7 Å². The van der Waals surface area contributed by atoms with Gasteiger partial charge in [-0.15, -0.1) is 0 Å². The second-order valence-electron chi connectivity index (χ2n) is 7.27. The number of hydrogen-bond acceptors (Lipinski definition) is 4. The summed E-state index contributed by atoms with van der Waals surface area (Å²) in [5.74, 6) is 1.82. The number of piperidine rings is 1. The fraction of sp³-hybridized carbons (Fsp3) is 0.450. The van der Waals surface area contributed by atoms with Crippen LogP contribution in [0, 0.1) is 6.92 Å². The molecule has 0 aliphatic carbocycles. The summed E-state index contributed by atoms with van der Waals surface area (Å²) in [6.45, 7) is 3.87. The van der Waals surface area contributed by atoms with Gasteiger partial charge in [0, 0.05) is 25.1 Å². The van der Waals surface area contributed by atoms with Gasteiger partial charge in [-0.1, -0.05) is 18.2 Å². The molecule has 1 amide bonds. The van der Waals surface area contributed by atoms with E-state index in [0.717, 1.165) is 49.4 Å². The Morgan fingerprint density at radius 3 is 2.68 bits per heavy atom. The maximum atomic E-state index is 12.6. The number of likely N-dealkylation sites (tertiary alicyclic amines) is 1. The number of aryl methyl sites for hydroxylation is 1. The number of rotatable bonds is 2. The molecule has 0 unspecified atom stereocenters. The molecule has 5 nitrogen and oxygen atoms in total. The Bertz CT molecular complexity index is 775. The molecule has 5 heteroatoms. The summed E-state index contributed by atoms with van der Waals surface area (Å²) in [5.41, 5.74) is 0.849. The number of carbonyl (C=O) groups excluding carboxylic acids is 1. The van der Waals surface area contributed by atoms with Gasteiger partial charge in [0.25, 0.3) is 5.91 Å². The summed E-state index contributed by atoms with van der Waals surface area (Å²) in [4.78, 5) is 14.9. The Labute approximate surface area is 148 Å². The second-order valence-corrected chi connectivity index (χ2v) is 7.27. The maximum Gasteiger partial charge on any atom is 0.287 e. The van der Waals surface area contributed by atoms with Crippen molar-refractivity contribution in [2.24, 2.45) is 0 Å².